The van der Waals surface area contributed by atoms with Gasteiger partial charge in [0.2, 0.25) is 5.91 Å². The molecule has 1 amide bonds. The standard InChI is InChI=1S/C29H44N4O3/c1-21(2)33(19-22(3)36-25(6)26-12-14-27(34)15-13-26)24(5)23(4)31-20-29(7,8)18-28(35)30-16-11-17-32(9)10/h12-15,19,31,34H,1,4-6,11,16-18,20H2,2-3,7-10H3,(H,30,35)/b22-19+. The van der Waals surface area contributed by atoms with E-state index in [-0.39, 0.29) is 17.1 Å². The Kier molecular flexibility index (Phi) is 12.1. The van der Waals surface area contributed by atoms with Gasteiger partial charge in [0, 0.05) is 37.0 Å². The number of ether oxygens (including phenoxy) is 1. The summed E-state index contributed by atoms with van der Waals surface area (Å²) in [6.07, 6.45) is 3.09. The first kappa shape index (κ1) is 30.6. The molecule has 0 bridgehead atoms. The van der Waals surface area contributed by atoms with E-state index in [2.05, 4.69) is 41.8 Å². The van der Waals surface area contributed by atoms with Crippen LogP contribution in [-0.4, -0.2) is 54.5 Å². The van der Waals surface area contributed by atoms with Crippen LogP contribution in [0, 0.1) is 5.41 Å². The first-order valence-electron chi connectivity index (χ1n) is 12.0. The highest BCUT2D eigenvalue weighted by atomic mass is 16.5. The van der Waals surface area contributed by atoms with Crippen LogP contribution in [0.5, 0.6) is 5.75 Å². The number of benzene rings is 1. The normalized spacial score (nSPS) is 11.6. The summed E-state index contributed by atoms with van der Waals surface area (Å²) >= 11 is 0. The zero-order valence-corrected chi connectivity index (χ0v) is 22.9. The van der Waals surface area contributed by atoms with Crippen LogP contribution < -0.4 is 10.6 Å². The number of hydrogen-bond acceptors (Lipinski definition) is 6. The van der Waals surface area contributed by atoms with Gasteiger partial charge in [0.25, 0.3) is 0 Å². The molecule has 0 radical (unpaired) electrons. The van der Waals surface area contributed by atoms with Gasteiger partial charge in [0.05, 0.1) is 11.4 Å². The van der Waals surface area contributed by atoms with Gasteiger partial charge in [-0.05, 0) is 70.6 Å². The van der Waals surface area contributed by atoms with E-state index in [1.54, 1.807) is 35.4 Å². The van der Waals surface area contributed by atoms with Gasteiger partial charge in [-0.3, -0.25) is 4.79 Å². The van der Waals surface area contributed by atoms with Crippen molar-refractivity contribution >= 4 is 11.7 Å². The Morgan fingerprint density at radius 3 is 2.25 bits per heavy atom. The molecule has 0 unspecified atom stereocenters. The van der Waals surface area contributed by atoms with Crippen molar-refractivity contribution in [3.05, 3.63) is 85.2 Å². The highest BCUT2D eigenvalue weighted by Gasteiger charge is 2.23. The molecule has 0 saturated heterocycles. The van der Waals surface area contributed by atoms with Crippen LogP contribution in [-0.2, 0) is 9.53 Å². The van der Waals surface area contributed by atoms with Gasteiger partial charge >= 0.3 is 0 Å². The molecule has 7 heteroatoms. The minimum Gasteiger partial charge on any atom is -0.508 e. The fourth-order valence-electron chi connectivity index (χ4n) is 3.30. The van der Waals surface area contributed by atoms with E-state index in [4.69, 9.17) is 4.74 Å². The van der Waals surface area contributed by atoms with Crippen molar-refractivity contribution in [2.75, 3.05) is 33.7 Å². The van der Waals surface area contributed by atoms with Crippen molar-refractivity contribution in [1.82, 2.24) is 20.4 Å². The van der Waals surface area contributed by atoms with E-state index in [1.165, 1.54) is 0 Å². The predicted octanol–water partition coefficient (Wildman–Crippen LogP) is 5.18. The van der Waals surface area contributed by atoms with Crippen LogP contribution in [0.15, 0.2) is 79.6 Å². The molecule has 1 aromatic carbocycles. The van der Waals surface area contributed by atoms with Gasteiger partial charge < -0.3 is 30.3 Å². The molecule has 0 aliphatic heterocycles. The van der Waals surface area contributed by atoms with E-state index in [9.17, 15) is 9.90 Å². The summed E-state index contributed by atoms with van der Waals surface area (Å²) in [7, 11) is 4.04. The van der Waals surface area contributed by atoms with Gasteiger partial charge in [-0.25, -0.2) is 0 Å². The number of hydrogen-bond donors (Lipinski definition) is 3. The lowest BCUT2D eigenvalue weighted by Crippen LogP contribution is -2.36. The SMILES string of the molecule is C=C(NCC(C)(C)CC(=O)NCCCN(C)C)C(=C)N(/C=C(\C)OC(=C)c1ccc(O)cc1)C(=C)C. The maximum atomic E-state index is 12.4. The minimum absolute atomic E-state index is 0.0399. The Labute approximate surface area is 217 Å². The third-order valence-corrected chi connectivity index (χ3v) is 5.36. The minimum atomic E-state index is -0.278. The summed E-state index contributed by atoms with van der Waals surface area (Å²) in [6.45, 7) is 26.2. The quantitative estimate of drug-likeness (QED) is 0.166. The van der Waals surface area contributed by atoms with E-state index in [0.717, 1.165) is 24.2 Å². The summed E-state index contributed by atoms with van der Waals surface area (Å²) in [5.74, 6) is 1.25. The number of rotatable bonds is 16. The van der Waals surface area contributed by atoms with Crippen LogP contribution >= 0.6 is 0 Å². The van der Waals surface area contributed by atoms with Gasteiger partial charge in [0.1, 0.15) is 17.3 Å². The Morgan fingerprint density at radius 2 is 1.69 bits per heavy atom. The maximum absolute atomic E-state index is 12.4. The van der Waals surface area contributed by atoms with E-state index >= 15 is 0 Å². The molecule has 0 saturated carbocycles. The van der Waals surface area contributed by atoms with Crippen molar-refractivity contribution in [3.63, 3.8) is 0 Å². The Hall–Kier alpha value is -3.45. The molecular weight excluding hydrogens is 452 g/mol. The Morgan fingerprint density at radius 1 is 1.08 bits per heavy atom. The van der Waals surface area contributed by atoms with Gasteiger partial charge in [0.15, 0.2) is 0 Å². The molecule has 0 aromatic heterocycles. The number of carbonyl (C=O) groups excluding carboxylic acids is 1. The zero-order valence-electron chi connectivity index (χ0n) is 22.9. The topological polar surface area (TPSA) is 77.1 Å². The number of allylic oxidation sites excluding steroid dienone is 2. The lowest BCUT2D eigenvalue weighted by Gasteiger charge is -2.29. The highest BCUT2D eigenvalue weighted by molar-refractivity contribution is 5.76. The number of nitrogens with one attached hydrogen (secondary N) is 2. The number of aromatic hydroxyl groups is 1. The van der Waals surface area contributed by atoms with Gasteiger partial charge in [-0.1, -0.05) is 40.2 Å². The molecule has 0 fully saturated rings. The highest BCUT2D eigenvalue weighted by Crippen LogP contribution is 2.24. The second-order valence-electron chi connectivity index (χ2n) is 10.0. The second-order valence-corrected chi connectivity index (χ2v) is 10.0. The molecule has 36 heavy (non-hydrogen) atoms. The molecule has 3 N–H and O–H groups in total. The van der Waals surface area contributed by atoms with E-state index in [1.807, 2.05) is 41.8 Å². The first-order chi connectivity index (χ1) is 16.7. The Balaban J connectivity index is 2.68. The number of phenolic OH excluding ortho intramolecular Hbond substituents is 1. The number of amides is 1. The van der Waals surface area contributed by atoms with Crippen LogP contribution in [0.4, 0.5) is 0 Å². The molecule has 0 aliphatic rings. The average Bonchev–Trinajstić information content (AvgIpc) is 2.78. The second kappa shape index (κ2) is 14.2. The molecule has 198 valence electrons. The van der Waals surface area contributed by atoms with Crippen molar-refractivity contribution in [3.8, 4) is 5.75 Å². The smallest absolute Gasteiger partial charge is 0.220 e. The predicted molar refractivity (Wildman–Crippen MR) is 149 cm³/mol. The molecule has 0 heterocycles. The molecule has 1 rings (SSSR count). The number of carbonyl (C=O) groups is 1. The fraction of sp³-hybridized carbons (Fsp3) is 0.414. The Bertz CT molecular complexity index is 975. The average molecular weight is 497 g/mol. The molecule has 0 atom stereocenters. The molecule has 7 nitrogen and oxygen atoms in total. The molecule has 0 spiro atoms. The van der Waals surface area contributed by atoms with E-state index in [0.29, 0.717) is 42.4 Å². The molecule has 0 aliphatic carbocycles. The molecular formula is C29H44N4O3. The van der Waals surface area contributed by atoms with Crippen LogP contribution in [0.1, 0.15) is 46.1 Å². The summed E-state index contributed by atoms with van der Waals surface area (Å²) in [5.41, 5.74) is 2.46. The lowest BCUT2D eigenvalue weighted by atomic mass is 9.88. The summed E-state index contributed by atoms with van der Waals surface area (Å²) in [4.78, 5) is 16.2. The fourth-order valence-corrected chi connectivity index (χ4v) is 3.30. The van der Waals surface area contributed by atoms with Crippen molar-refractivity contribution in [2.45, 2.75) is 40.5 Å². The third-order valence-electron chi connectivity index (χ3n) is 5.36. The van der Waals surface area contributed by atoms with Crippen LogP contribution in [0.3, 0.4) is 0 Å². The van der Waals surface area contributed by atoms with Crippen LogP contribution in [0.2, 0.25) is 0 Å². The summed E-state index contributed by atoms with van der Waals surface area (Å²) in [5, 5.41) is 15.8. The summed E-state index contributed by atoms with van der Waals surface area (Å²) < 4.78 is 5.86. The molecule has 1 aromatic rings. The van der Waals surface area contributed by atoms with Crippen molar-refractivity contribution in [2.24, 2.45) is 5.41 Å². The largest absolute Gasteiger partial charge is 0.508 e. The summed E-state index contributed by atoms with van der Waals surface area (Å²) in [6, 6.07) is 6.63. The van der Waals surface area contributed by atoms with Crippen molar-refractivity contribution in [1.29, 1.82) is 0 Å². The lowest BCUT2D eigenvalue weighted by molar-refractivity contribution is -0.122. The van der Waals surface area contributed by atoms with E-state index < -0.39 is 0 Å². The zero-order chi connectivity index (χ0) is 27.5. The monoisotopic (exact) mass is 496 g/mol. The van der Waals surface area contributed by atoms with Crippen molar-refractivity contribution < 1.29 is 14.6 Å². The maximum Gasteiger partial charge on any atom is 0.220 e. The first-order valence-corrected chi connectivity index (χ1v) is 12.0. The van der Waals surface area contributed by atoms with Crippen LogP contribution in [0.25, 0.3) is 5.76 Å². The number of nitrogens with zero attached hydrogens (tertiary/aromatic N) is 2. The van der Waals surface area contributed by atoms with Gasteiger partial charge in [-0.2, -0.15) is 0 Å². The third kappa shape index (κ3) is 11.3. The van der Waals surface area contributed by atoms with Gasteiger partial charge in [-0.15, -0.1) is 0 Å². The number of phenols is 1.